The van der Waals surface area contributed by atoms with Crippen LogP contribution >= 0.6 is 0 Å². The number of aliphatic hydroxyl groups is 1. The van der Waals surface area contributed by atoms with E-state index in [1.807, 2.05) is 12.3 Å². The van der Waals surface area contributed by atoms with Crippen molar-refractivity contribution in [1.82, 2.24) is 4.98 Å². The molecule has 1 N–H and O–H groups in total. The van der Waals surface area contributed by atoms with Crippen LogP contribution in [0.25, 0.3) is 0 Å². The second kappa shape index (κ2) is 4.19. The molecule has 0 radical (unpaired) electrons. The number of rotatable bonds is 4. The Morgan fingerprint density at radius 1 is 1.60 bits per heavy atom. The van der Waals surface area contributed by atoms with Crippen LogP contribution in [0.1, 0.15) is 18.9 Å². The van der Waals surface area contributed by atoms with E-state index in [-0.39, 0.29) is 6.61 Å². The zero-order valence-electron chi connectivity index (χ0n) is 9.35. The second-order valence-electron chi connectivity index (χ2n) is 4.52. The summed E-state index contributed by atoms with van der Waals surface area (Å²) in [6, 6.07) is 1.88. The van der Waals surface area contributed by atoms with Crippen LogP contribution in [0.2, 0.25) is 0 Å². The van der Waals surface area contributed by atoms with Crippen LogP contribution in [-0.2, 0) is 6.61 Å². The van der Waals surface area contributed by atoms with Crippen molar-refractivity contribution < 1.29 is 5.11 Å². The first-order chi connectivity index (χ1) is 7.22. The average Bonchev–Trinajstić information content (AvgIpc) is 2.94. The Bertz CT molecular complexity index is 340. The van der Waals surface area contributed by atoms with E-state index < -0.39 is 0 Å². The van der Waals surface area contributed by atoms with Crippen molar-refractivity contribution in [2.45, 2.75) is 20.0 Å². The topological polar surface area (TPSA) is 36.4 Å². The van der Waals surface area contributed by atoms with Crippen molar-refractivity contribution >= 4 is 5.69 Å². The fourth-order valence-corrected chi connectivity index (χ4v) is 2.00. The van der Waals surface area contributed by atoms with Gasteiger partial charge in [0.2, 0.25) is 0 Å². The van der Waals surface area contributed by atoms with Gasteiger partial charge in [-0.25, -0.2) is 0 Å². The molecule has 2 atom stereocenters. The molecular weight excluding hydrogens is 188 g/mol. The molecule has 1 aliphatic rings. The first kappa shape index (κ1) is 10.4. The van der Waals surface area contributed by atoms with Crippen molar-refractivity contribution in [3.8, 4) is 0 Å². The van der Waals surface area contributed by atoms with Crippen molar-refractivity contribution in [3.63, 3.8) is 0 Å². The highest BCUT2D eigenvalue weighted by Gasteiger charge is 2.33. The lowest BCUT2D eigenvalue weighted by molar-refractivity contribution is 0.282. The number of aromatic nitrogens is 1. The van der Waals surface area contributed by atoms with Gasteiger partial charge in [0.25, 0.3) is 0 Å². The first-order valence-electron chi connectivity index (χ1n) is 5.47. The van der Waals surface area contributed by atoms with Crippen LogP contribution < -0.4 is 4.90 Å². The highest BCUT2D eigenvalue weighted by molar-refractivity contribution is 5.50. The maximum Gasteiger partial charge on any atom is 0.0703 e. The van der Waals surface area contributed by atoms with Crippen molar-refractivity contribution in [2.75, 3.05) is 18.5 Å². The van der Waals surface area contributed by atoms with E-state index in [9.17, 15) is 5.11 Å². The number of hydrogen-bond donors (Lipinski definition) is 1. The van der Waals surface area contributed by atoms with E-state index in [0.717, 1.165) is 29.6 Å². The van der Waals surface area contributed by atoms with E-state index in [1.54, 1.807) is 6.20 Å². The molecule has 2 rings (SSSR count). The van der Waals surface area contributed by atoms with Gasteiger partial charge in [-0.1, -0.05) is 6.92 Å². The van der Waals surface area contributed by atoms with E-state index in [2.05, 4.69) is 23.9 Å². The Labute approximate surface area is 90.8 Å². The molecule has 0 aromatic carbocycles. The van der Waals surface area contributed by atoms with Crippen molar-refractivity contribution in [3.05, 3.63) is 24.0 Å². The van der Waals surface area contributed by atoms with Gasteiger partial charge in [0.1, 0.15) is 0 Å². The zero-order chi connectivity index (χ0) is 10.8. The van der Waals surface area contributed by atoms with Gasteiger partial charge in [0.15, 0.2) is 0 Å². The minimum atomic E-state index is 0.0857. The van der Waals surface area contributed by atoms with Crippen molar-refractivity contribution in [1.29, 1.82) is 0 Å². The average molecular weight is 206 g/mol. The Kier molecular flexibility index (Phi) is 2.91. The third-order valence-electron chi connectivity index (χ3n) is 3.25. The van der Waals surface area contributed by atoms with Crippen LogP contribution in [0.15, 0.2) is 18.5 Å². The fraction of sp³-hybridized carbons (Fsp3) is 0.583. The molecule has 0 bridgehead atoms. The molecule has 0 saturated heterocycles. The van der Waals surface area contributed by atoms with Gasteiger partial charge in [-0.3, -0.25) is 4.98 Å². The molecule has 1 saturated carbocycles. The van der Waals surface area contributed by atoms with Crippen LogP contribution in [0.5, 0.6) is 0 Å². The molecule has 1 aliphatic carbocycles. The number of aliphatic hydroxyl groups excluding tert-OH is 1. The Hall–Kier alpha value is -1.09. The monoisotopic (exact) mass is 206 g/mol. The highest BCUT2D eigenvalue weighted by atomic mass is 16.3. The van der Waals surface area contributed by atoms with E-state index in [1.165, 1.54) is 6.42 Å². The van der Waals surface area contributed by atoms with E-state index in [0.29, 0.717) is 0 Å². The zero-order valence-corrected chi connectivity index (χ0v) is 9.35. The van der Waals surface area contributed by atoms with E-state index >= 15 is 0 Å². The molecular formula is C12H18N2O. The normalized spacial score (nSPS) is 23.9. The summed E-state index contributed by atoms with van der Waals surface area (Å²) in [5.74, 6) is 1.68. The largest absolute Gasteiger partial charge is 0.392 e. The molecule has 3 nitrogen and oxygen atoms in total. The summed E-state index contributed by atoms with van der Waals surface area (Å²) in [5.41, 5.74) is 2.01. The first-order valence-corrected chi connectivity index (χ1v) is 5.47. The lowest BCUT2D eigenvalue weighted by atomic mass is 10.2. The number of pyridine rings is 1. The number of hydrogen-bond acceptors (Lipinski definition) is 3. The molecule has 1 fully saturated rings. The van der Waals surface area contributed by atoms with Gasteiger partial charge < -0.3 is 10.0 Å². The smallest absolute Gasteiger partial charge is 0.0703 e. The molecule has 0 amide bonds. The summed E-state index contributed by atoms with van der Waals surface area (Å²) in [6.07, 6.45) is 4.89. The van der Waals surface area contributed by atoms with Gasteiger partial charge in [-0.2, -0.15) is 0 Å². The molecule has 2 unspecified atom stereocenters. The maximum absolute atomic E-state index is 9.21. The summed E-state index contributed by atoms with van der Waals surface area (Å²) < 4.78 is 0. The summed E-state index contributed by atoms with van der Waals surface area (Å²) in [4.78, 5) is 6.31. The van der Waals surface area contributed by atoms with Gasteiger partial charge in [-0.15, -0.1) is 0 Å². The minimum Gasteiger partial charge on any atom is -0.392 e. The summed E-state index contributed by atoms with van der Waals surface area (Å²) >= 11 is 0. The molecule has 1 aromatic rings. The summed E-state index contributed by atoms with van der Waals surface area (Å²) in [5, 5.41) is 9.21. The molecule has 0 spiro atoms. The van der Waals surface area contributed by atoms with Crippen LogP contribution in [-0.4, -0.2) is 23.7 Å². The minimum absolute atomic E-state index is 0.0857. The molecule has 82 valence electrons. The standard InChI is InChI=1S/C12H18N2O/c1-9-5-11(9)7-14(2)12-6-13-4-3-10(12)8-15/h3-4,6,9,11,15H,5,7-8H2,1-2H3. The molecule has 1 heterocycles. The third kappa shape index (κ3) is 2.29. The molecule has 15 heavy (non-hydrogen) atoms. The fourth-order valence-electron chi connectivity index (χ4n) is 2.00. The molecule has 1 aromatic heterocycles. The second-order valence-corrected chi connectivity index (χ2v) is 4.52. The summed E-state index contributed by atoms with van der Waals surface area (Å²) in [7, 11) is 2.07. The number of nitrogens with zero attached hydrogens (tertiary/aromatic N) is 2. The lowest BCUT2D eigenvalue weighted by Gasteiger charge is -2.21. The van der Waals surface area contributed by atoms with Crippen LogP contribution in [0.4, 0.5) is 5.69 Å². The highest BCUT2D eigenvalue weighted by Crippen LogP contribution is 2.38. The van der Waals surface area contributed by atoms with Gasteiger partial charge in [-0.05, 0) is 24.3 Å². The molecule has 0 aliphatic heterocycles. The van der Waals surface area contributed by atoms with Crippen LogP contribution in [0, 0.1) is 11.8 Å². The predicted molar refractivity (Wildman–Crippen MR) is 60.7 cm³/mol. The predicted octanol–water partition coefficient (Wildman–Crippen LogP) is 1.67. The van der Waals surface area contributed by atoms with Gasteiger partial charge in [0.05, 0.1) is 18.5 Å². The quantitative estimate of drug-likeness (QED) is 0.814. The SMILES string of the molecule is CC1CC1CN(C)c1cnccc1CO. The Morgan fingerprint density at radius 3 is 2.93 bits per heavy atom. The maximum atomic E-state index is 9.21. The van der Waals surface area contributed by atoms with Gasteiger partial charge in [0, 0.05) is 25.4 Å². The van der Waals surface area contributed by atoms with Crippen molar-refractivity contribution in [2.24, 2.45) is 11.8 Å². The Balaban J connectivity index is 2.06. The molecule has 3 heteroatoms. The summed E-state index contributed by atoms with van der Waals surface area (Å²) in [6.45, 7) is 3.44. The third-order valence-corrected chi connectivity index (χ3v) is 3.25. The van der Waals surface area contributed by atoms with Crippen LogP contribution in [0.3, 0.4) is 0 Å². The van der Waals surface area contributed by atoms with Gasteiger partial charge >= 0.3 is 0 Å². The lowest BCUT2D eigenvalue weighted by Crippen LogP contribution is -2.22. The van der Waals surface area contributed by atoms with E-state index in [4.69, 9.17) is 0 Å². The Morgan fingerprint density at radius 2 is 2.33 bits per heavy atom. The number of anilines is 1.